The van der Waals surface area contributed by atoms with Gasteiger partial charge in [0.1, 0.15) is 6.04 Å². The van der Waals surface area contributed by atoms with Crippen molar-refractivity contribution in [2.75, 3.05) is 44.6 Å². The van der Waals surface area contributed by atoms with E-state index >= 15 is 0 Å². The number of rotatable bonds is 6. The third-order valence-electron chi connectivity index (χ3n) is 9.29. The molecule has 2 N–H and O–H groups in total. The molecule has 0 radical (unpaired) electrons. The number of piperidine rings is 2. The molecule has 5 unspecified atom stereocenters. The first-order valence-corrected chi connectivity index (χ1v) is 15.4. The Morgan fingerprint density at radius 1 is 1.00 bits per heavy atom. The summed E-state index contributed by atoms with van der Waals surface area (Å²) in [6.07, 6.45) is -1.55. The lowest BCUT2D eigenvalue weighted by Gasteiger charge is -2.59. The summed E-state index contributed by atoms with van der Waals surface area (Å²) in [5.74, 6) is -1.59. The number of hydrogen-bond acceptors (Lipinski definition) is 6. The number of aliphatic hydroxyl groups is 1. The Bertz CT molecular complexity index is 1200. The van der Waals surface area contributed by atoms with Crippen LogP contribution in [0.5, 0.6) is 0 Å². The molecule has 40 heavy (non-hydrogen) atoms. The van der Waals surface area contributed by atoms with E-state index in [1.807, 2.05) is 0 Å². The molecule has 0 aromatic heterocycles. The normalized spacial score (nSPS) is 30.5. The number of aliphatic hydroxyl groups excluding tert-OH is 1. The number of nitrogens with zero attached hydrogens (tertiary/aromatic N) is 3. The standard InChI is InChI=1S/C27H37F3N4O5S/c1-17(36)31-21-2-4-22(5-3-21)40(38,39)33-11-7-19(8-12-33)20-9-13-34-23(14-20)24(25(34)27(28,29)30)26(37)32-10-6-18(15-32)16-35/h2-5,18-20,23-25,35H,6-16H2,1H3,(H,31,36). The van der Waals surface area contributed by atoms with Gasteiger partial charge in [0, 0.05) is 57.4 Å². The third-order valence-corrected chi connectivity index (χ3v) is 11.2. The zero-order chi connectivity index (χ0) is 28.8. The number of carbonyl (C=O) groups excluding carboxylic acids is 2. The average Bonchev–Trinajstić information content (AvgIpc) is 3.38. The lowest BCUT2D eigenvalue weighted by Crippen LogP contribution is -2.74. The molecule has 222 valence electrons. The van der Waals surface area contributed by atoms with Crippen LogP contribution in [0.2, 0.25) is 0 Å². The summed E-state index contributed by atoms with van der Waals surface area (Å²) < 4.78 is 69.8. The summed E-state index contributed by atoms with van der Waals surface area (Å²) in [6, 6.07) is 3.81. The Kier molecular flexibility index (Phi) is 8.21. The smallest absolute Gasteiger partial charge is 0.396 e. The molecule has 4 fully saturated rings. The van der Waals surface area contributed by atoms with Crippen LogP contribution in [-0.4, -0.2) is 97.0 Å². The lowest BCUT2D eigenvalue weighted by molar-refractivity contribution is -0.260. The molecular formula is C27H37F3N4O5S. The van der Waals surface area contributed by atoms with E-state index in [1.54, 1.807) is 12.1 Å². The number of carbonyl (C=O) groups is 2. The Labute approximate surface area is 232 Å². The van der Waals surface area contributed by atoms with Crippen molar-refractivity contribution < 1.29 is 36.3 Å². The number of sulfonamides is 1. The minimum absolute atomic E-state index is 0.0778. The lowest BCUT2D eigenvalue weighted by atomic mass is 9.67. The molecule has 1 aromatic carbocycles. The molecule has 2 amide bonds. The number of halogens is 3. The fourth-order valence-corrected chi connectivity index (χ4v) is 8.69. The second-order valence-electron chi connectivity index (χ2n) is 11.7. The SMILES string of the molecule is CC(=O)Nc1ccc(S(=O)(=O)N2CCC(C3CCN4C(C3)C(C(=O)N3CCC(CO)C3)C4C(F)(F)F)CC2)cc1. The Morgan fingerprint density at radius 2 is 1.65 bits per heavy atom. The fourth-order valence-electron chi connectivity index (χ4n) is 7.22. The van der Waals surface area contributed by atoms with Gasteiger partial charge in [-0.25, -0.2) is 8.42 Å². The summed E-state index contributed by atoms with van der Waals surface area (Å²) >= 11 is 0. The molecule has 4 saturated heterocycles. The number of fused-ring (bicyclic) bond motifs is 1. The van der Waals surface area contributed by atoms with E-state index in [4.69, 9.17) is 0 Å². The molecule has 1 aromatic rings. The zero-order valence-corrected chi connectivity index (χ0v) is 23.3. The molecule has 0 saturated carbocycles. The second kappa shape index (κ2) is 11.2. The quantitative estimate of drug-likeness (QED) is 0.530. The number of hydrogen-bond donors (Lipinski definition) is 2. The van der Waals surface area contributed by atoms with Crippen molar-refractivity contribution in [3.05, 3.63) is 24.3 Å². The molecule has 4 aliphatic rings. The van der Waals surface area contributed by atoms with Crippen LogP contribution in [0.15, 0.2) is 29.2 Å². The van der Waals surface area contributed by atoms with Crippen LogP contribution in [0.1, 0.15) is 39.0 Å². The Morgan fingerprint density at radius 3 is 2.23 bits per heavy atom. The maximum absolute atomic E-state index is 14.0. The van der Waals surface area contributed by atoms with Gasteiger partial charge in [0.25, 0.3) is 0 Å². The van der Waals surface area contributed by atoms with Crippen LogP contribution in [0.25, 0.3) is 0 Å². The first-order valence-electron chi connectivity index (χ1n) is 14.0. The van der Waals surface area contributed by atoms with Gasteiger partial charge in [-0.05, 0) is 74.8 Å². The predicted molar refractivity (Wildman–Crippen MR) is 141 cm³/mol. The van der Waals surface area contributed by atoms with E-state index in [2.05, 4.69) is 5.32 Å². The summed E-state index contributed by atoms with van der Waals surface area (Å²) in [6.45, 7) is 2.91. The number of alkyl halides is 3. The second-order valence-corrected chi connectivity index (χ2v) is 13.6. The largest absolute Gasteiger partial charge is 0.404 e. The zero-order valence-electron chi connectivity index (χ0n) is 22.5. The first kappa shape index (κ1) is 29.3. The van der Waals surface area contributed by atoms with Crippen molar-refractivity contribution in [3.63, 3.8) is 0 Å². The van der Waals surface area contributed by atoms with Gasteiger partial charge in [0.05, 0.1) is 10.8 Å². The van der Waals surface area contributed by atoms with E-state index in [0.29, 0.717) is 64.0 Å². The Balaban J connectivity index is 1.21. The van der Waals surface area contributed by atoms with Crippen LogP contribution in [0.4, 0.5) is 18.9 Å². The molecular weight excluding hydrogens is 549 g/mol. The molecule has 5 rings (SSSR count). The van der Waals surface area contributed by atoms with Crippen LogP contribution in [-0.2, 0) is 19.6 Å². The number of amides is 2. The van der Waals surface area contributed by atoms with Crippen LogP contribution < -0.4 is 5.32 Å². The monoisotopic (exact) mass is 586 g/mol. The highest BCUT2D eigenvalue weighted by Crippen LogP contribution is 2.50. The van der Waals surface area contributed by atoms with E-state index in [9.17, 15) is 36.3 Å². The van der Waals surface area contributed by atoms with Gasteiger partial charge >= 0.3 is 6.18 Å². The van der Waals surface area contributed by atoms with E-state index in [0.717, 1.165) is 0 Å². The molecule has 0 bridgehead atoms. The maximum atomic E-state index is 14.0. The minimum atomic E-state index is -4.49. The minimum Gasteiger partial charge on any atom is -0.396 e. The molecule has 9 nitrogen and oxygen atoms in total. The molecule has 5 atom stereocenters. The number of anilines is 1. The van der Waals surface area contributed by atoms with Crippen molar-refractivity contribution in [2.24, 2.45) is 23.7 Å². The summed E-state index contributed by atoms with van der Waals surface area (Å²) in [5.41, 5.74) is 0.509. The van der Waals surface area contributed by atoms with Crippen molar-refractivity contribution in [1.82, 2.24) is 14.1 Å². The van der Waals surface area contributed by atoms with Crippen LogP contribution in [0.3, 0.4) is 0 Å². The summed E-state index contributed by atoms with van der Waals surface area (Å²) in [7, 11) is -3.71. The highest BCUT2D eigenvalue weighted by molar-refractivity contribution is 7.89. The number of likely N-dealkylation sites (tertiary alicyclic amines) is 1. The van der Waals surface area contributed by atoms with Crippen molar-refractivity contribution in [1.29, 1.82) is 0 Å². The molecule has 0 spiro atoms. The Hall–Kier alpha value is -2.22. The summed E-state index contributed by atoms with van der Waals surface area (Å²) in [5, 5.41) is 12.0. The number of nitrogens with one attached hydrogen (secondary N) is 1. The average molecular weight is 587 g/mol. The van der Waals surface area contributed by atoms with Crippen LogP contribution >= 0.6 is 0 Å². The number of benzene rings is 1. The highest BCUT2D eigenvalue weighted by Gasteiger charge is 2.65. The third kappa shape index (κ3) is 5.62. The first-order chi connectivity index (χ1) is 18.9. The van der Waals surface area contributed by atoms with Gasteiger partial charge in [-0.2, -0.15) is 17.5 Å². The van der Waals surface area contributed by atoms with Gasteiger partial charge < -0.3 is 15.3 Å². The molecule has 4 heterocycles. The van der Waals surface area contributed by atoms with Gasteiger partial charge in [0.2, 0.25) is 21.8 Å². The molecule has 13 heteroatoms. The van der Waals surface area contributed by atoms with E-state index in [-0.39, 0.29) is 41.7 Å². The van der Waals surface area contributed by atoms with Crippen molar-refractivity contribution >= 4 is 27.5 Å². The van der Waals surface area contributed by atoms with Gasteiger partial charge in [0.15, 0.2) is 0 Å². The van der Waals surface area contributed by atoms with Gasteiger partial charge in [-0.1, -0.05) is 0 Å². The maximum Gasteiger partial charge on any atom is 0.404 e. The molecule has 4 aliphatic heterocycles. The topological polar surface area (TPSA) is 110 Å². The highest BCUT2D eigenvalue weighted by atomic mass is 32.2. The molecule has 0 aliphatic carbocycles. The van der Waals surface area contributed by atoms with Crippen LogP contribution in [0, 0.1) is 23.7 Å². The fraction of sp³-hybridized carbons (Fsp3) is 0.704. The van der Waals surface area contributed by atoms with Crippen molar-refractivity contribution in [3.8, 4) is 0 Å². The van der Waals surface area contributed by atoms with Gasteiger partial charge in [-0.15, -0.1) is 0 Å². The van der Waals surface area contributed by atoms with Gasteiger partial charge in [-0.3, -0.25) is 14.5 Å². The van der Waals surface area contributed by atoms with E-state index in [1.165, 1.54) is 33.2 Å². The van der Waals surface area contributed by atoms with E-state index < -0.39 is 40.1 Å². The van der Waals surface area contributed by atoms with Crippen molar-refractivity contribution in [2.45, 2.75) is 62.2 Å². The summed E-state index contributed by atoms with van der Waals surface area (Å²) in [4.78, 5) is 27.6. The predicted octanol–water partition coefficient (Wildman–Crippen LogP) is 2.53.